The summed E-state index contributed by atoms with van der Waals surface area (Å²) < 4.78 is 0. The zero-order chi connectivity index (χ0) is 13.8. The Kier molecular flexibility index (Phi) is 4.66. The number of likely N-dealkylation sites (tertiary alicyclic amines) is 1. The van der Waals surface area contributed by atoms with Gasteiger partial charge < -0.3 is 15.5 Å². The Morgan fingerprint density at radius 2 is 2.05 bits per heavy atom. The van der Waals surface area contributed by atoms with E-state index in [2.05, 4.69) is 22.6 Å². The highest BCUT2D eigenvalue weighted by atomic mass is 35.5. The number of amides is 1. The fourth-order valence-electron chi connectivity index (χ4n) is 2.28. The summed E-state index contributed by atoms with van der Waals surface area (Å²) in [6.45, 7) is 3.71. The van der Waals surface area contributed by atoms with E-state index in [1.54, 1.807) is 0 Å². The number of nitrogens with zero attached hydrogens (tertiary/aromatic N) is 1. The van der Waals surface area contributed by atoms with Crippen molar-refractivity contribution in [1.82, 2.24) is 4.90 Å². The van der Waals surface area contributed by atoms with E-state index in [0.717, 1.165) is 31.6 Å². The van der Waals surface area contributed by atoms with Crippen molar-refractivity contribution in [3.05, 3.63) is 23.2 Å². The second-order valence-electron chi connectivity index (χ2n) is 5.10. The van der Waals surface area contributed by atoms with Crippen molar-refractivity contribution in [2.45, 2.75) is 25.8 Å². The van der Waals surface area contributed by atoms with E-state index in [1.165, 1.54) is 6.92 Å². The maximum Gasteiger partial charge on any atom is 0.221 e. The number of hydrogen-bond acceptors (Lipinski definition) is 3. The first-order valence-corrected chi connectivity index (χ1v) is 6.94. The molecule has 1 fully saturated rings. The summed E-state index contributed by atoms with van der Waals surface area (Å²) in [6.07, 6.45) is 2.28. The van der Waals surface area contributed by atoms with Crippen molar-refractivity contribution in [2.24, 2.45) is 0 Å². The normalized spacial score (nSPS) is 17.2. The van der Waals surface area contributed by atoms with Crippen LogP contribution in [0.15, 0.2) is 18.2 Å². The van der Waals surface area contributed by atoms with Crippen molar-refractivity contribution in [3.63, 3.8) is 0 Å². The van der Waals surface area contributed by atoms with Crippen LogP contribution in [0.5, 0.6) is 0 Å². The Hall–Kier alpha value is -1.26. The van der Waals surface area contributed by atoms with Gasteiger partial charge in [-0.15, -0.1) is 0 Å². The molecule has 1 aliphatic rings. The van der Waals surface area contributed by atoms with Gasteiger partial charge in [-0.3, -0.25) is 4.79 Å². The number of carbonyl (C=O) groups is 1. The first-order chi connectivity index (χ1) is 9.04. The third-order valence-corrected chi connectivity index (χ3v) is 3.68. The molecule has 1 aromatic rings. The lowest BCUT2D eigenvalue weighted by molar-refractivity contribution is -0.114. The average Bonchev–Trinajstić information content (AvgIpc) is 2.35. The van der Waals surface area contributed by atoms with Gasteiger partial charge in [0.05, 0.1) is 10.7 Å². The molecule has 0 spiro atoms. The number of rotatable bonds is 3. The minimum Gasteiger partial charge on any atom is -0.382 e. The molecule has 0 bridgehead atoms. The molecule has 0 saturated carbocycles. The average molecular weight is 282 g/mol. The van der Waals surface area contributed by atoms with Gasteiger partial charge >= 0.3 is 0 Å². The highest BCUT2D eigenvalue weighted by molar-refractivity contribution is 6.34. The van der Waals surface area contributed by atoms with Gasteiger partial charge in [-0.25, -0.2) is 0 Å². The molecular weight excluding hydrogens is 262 g/mol. The summed E-state index contributed by atoms with van der Waals surface area (Å²) in [6, 6.07) is 6.15. The van der Waals surface area contributed by atoms with Crippen molar-refractivity contribution in [1.29, 1.82) is 0 Å². The van der Waals surface area contributed by atoms with Crippen molar-refractivity contribution < 1.29 is 4.79 Å². The summed E-state index contributed by atoms with van der Waals surface area (Å²) in [5.74, 6) is -0.113. The largest absolute Gasteiger partial charge is 0.382 e. The molecule has 0 aliphatic carbocycles. The van der Waals surface area contributed by atoms with Crippen LogP contribution in [0.3, 0.4) is 0 Å². The standard InChI is InChI=1S/C14H20ClN3O/c1-10(19)16-14-4-3-12(9-13(14)15)17-11-5-7-18(2)8-6-11/h3-4,9,11,17H,5-8H2,1-2H3,(H,16,19). The quantitative estimate of drug-likeness (QED) is 0.895. The zero-order valence-corrected chi connectivity index (χ0v) is 12.1. The smallest absolute Gasteiger partial charge is 0.221 e. The predicted octanol–water partition coefficient (Wildman–Crippen LogP) is 2.80. The second-order valence-corrected chi connectivity index (χ2v) is 5.50. The van der Waals surface area contributed by atoms with Crippen LogP contribution in [0.4, 0.5) is 11.4 Å². The minimum atomic E-state index is -0.113. The van der Waals surface area contributed by atoms with Crippen LogP contribution < -0.4 is 10.6 Å². The Morgan fingerprint density at radius 3 is 2.63 bits per heavy atom. The summed E-state index contributed by atoms with van der Waals surface area (Å²) in [4.78, 5) is 13.3. The predicted molar refractivity (Wildman–Crippen MR) is 79.9 cm³/mol. The number of benzene rings is 1. The molecule has 5 heteroatoms. The number of carbonyl (C=O) groups excluding carboxylic acids is 1. The molecule has 1 amide bonds. The van der Waals surface area contributed by atoms with E-state index in [4.69, 9.17) is 11.6 Å². The van der Waals surface area contributed by atoms with E-state index in [0.29, 0.717) is 16.8 Å². The van der Waals surface area contributed by atoms with Gasteiger partial charge in [-0.1, -0.05) is 11.6 Å². The van der Waals surface area contributed by atoms with Crippen LogP contribution in [0.2, 0.25) is 5.02 Å². The Labute approximate surface area is 119 Å². The third-order valence-electron chi connectivity index (χ3n) is 3.37. The highest BCUT2D eigenvalue weighted by Crippen LogP contribution is 2.26. The lowest BCUT2D eigenvalue weighted by Crippen LogP contribution is -2.36. The molecule has 2 N–H and O–H groups in total. The third kappa shape index (κ3) is 4.11. The molecule has 1 heterocycles. The Morgan fingerprint density at radius 1 is 1.37 bits per heavy atom. The van der Waals surface area contributed by atoms with Crippen LogP contribution in [0, 0.1) is 0 Å². The fourth-order valence-corrected chi connectivity index (χ4v) is 2.51. The lowest BCUT2D eigenvalue weighted by Gasteiger charge is -2.30. The SMILES string of the molecule is CC(=O)Nc1ccc(NC2CCN(C)CC2)cc1Cl. The topological polar surface area (TPSA) is 44.4 Å². The minimum absolute atomic E-state index is 0.113. The van der Waals surface area contributed by atoms with Crippen LogP contribution in [0.1, 0.15) is 19.8 Å². The summed E-state index contributed by atoms with van der Waals surface area (Å²) in [7, 11) is 2.15. The maximum atomic E-state index is 11.0. The van der Waals surface area contributed by atoms with Gasteiger partial charge in [-0.05, 0) is 51.2 Å². The molecular formula is C14H20ClN3O. The Balaban J connectivity index is 1.98. The number of halogens is 1. The van der Waals surface area contributed by atoms with Gasteiger partial charge in [0.1, 0.15) is 0 Å². The summed E-state index contributed by atoms with van der Waals surface area (Å²) in [5.41, 5.74) is 1.66. The first kappa shape index (κ1) is 14.2. The molecule has 2 rings (SSSR count). The van der Waals surface area contributed by atoms with Gasteiger partial charge in [0, 0.05) is 18.7 Å². The zero-order valence-electron chi connectivity index (χ0n) is 11.4. The number of piperidine rings is 1. The van der Waals surface area contributed by atoms with Crippen LogP contribution in [-0.2, 0) is 4.79 Å². The Bertz CT molecular complexity index is 456. The summed E-state index contributed by atoms with van der Waals surface area (Å²) >= 11 is 6.15. The van der Waals surface area contributed by atoms with Crippen LogP contribution in [-0.4, -0.2) is 37.0 Å². The van der Waals surface area contributed by atoms with Gasteiger partial charge in [0.2, 0.25) is 5.91 Å². The van der Waals surface area contributed by atoms with Gasteiger partial charge in [0.15, 0.2) is 0 Å². The van der Waals surface area contributed by atoms with Crippen molar-refractivity contribution in [3.8, 4) is 0 Å². The van der Waals surface area contributed by atoms with Crippen LogP contribution in [0.25, 0.3) is 0 Å². The van der Waals surface area contributed by atoms with E-state index in [9.17, 15) is 4.79 Å². The second kappa shape index (κ2) is 6.26. The molecule has 1 aliphatic heterocycles. The molecule has 0 radical (unpaired) electrons. The van der Waals surface area contributed by atoms with E-state index in [-0.39, 0.29) is 5.91 Å². The van der Waals surface area contributed by atoms with E-state index in [1.807, 2.05) is 18.2 Å². The maximum absolute atomic E-state index is 11.0. The molecule has 0 atom stereocenters. The van der Waals surface area contributed by atoms with Crippen molar-refractivity contribution >= 4 is 28.9 Å². The summed E-state index contributed by atoms with van der Waals surface area (Å²) in [5, 5.41) is 6.77. The fraction of sp³-hybridized carbons (Fsp3) is 0.500. The number of hydrogen-bond donors (Lipinski definition) is 2. The number of nitrogens with one attached hydrogen (secondary N) is 2. The monoisotopic (exact) mass is 281 g/mol. The molecule has 104 valence electrons. The number of anilines is 2. The van der Waals surface area contributed by atoms with Crippen LogP contribution >= 0.6 is 11.6 Å². The van der Waals surface area contributed by atoms with E-state index < -0.39 is 0 Å². The molecule has 19 heavy (non-hydrogen) atoms. The molecule has 0 unspecified atom stereocenters. The molecule has 0 aromatic heterocycles. The highest BCUT2D eigenvalue weighted by Gasteiger charge is 2.16. The van der Waals surface area contributed by atoms with Crippen molar-refractivity contribution in [2.75, 3.05) is 30.8 Å². The lowest BCUT2D eigenvalue weighted by atomic mass is 10.1. The molecule has 1 saturated heterocycles. The van der Waals surface area contributed by atoms with Gasteiger partial charge in [0.25, 0.3) is 0 Å². The van der Waals surface area contributed by atoms with Gasteiger partial charge in [-0.2, -0.15) is 0 Å². The van der Waals surface area contributed by atoms with E-state index >= 15 is 0 Å². The molecule has 4 nitrogen and oxygen atoms in total. The molecule has 1 aromatic carbocycles. The first-order valence-electron chi connectivity index (χ1n) is 6.57.